The summed E-state index contributed by atoms with van der Waals surface area (Å²) in [6, 6.07) is 7.68. The Balaban J connectivity index is 1.87. The molecule has 18 heavy (non-hydrogen) atoms. The highest BCUT2D eigenvalue weighted by molar-refractivity contribution is 5.94. The Kier molecular flexibility index (Phi) is 3.72. The molecule has 0 aliphatic rings. The molecule has 0 saturated carbocycles. The third kappa shape index (κ3) is 2.94. The van der Waals surface area contributed by atoms with Crippen molar-refractivity contribution >= 4 is 5.91 Å². The van der Waals surface area contributed by atoms with E-state index in [1.807, 2.05) is 0 Å². The number of benzene rings is 1. The fourth-order valence-corrected chi connectivity index (χ4v) is 1.58. The molecule has 0 aliphatic carbocycles. The van der Waals surface area contributed by atoms with Crippen molar-refractivity contribution in [3.63, 3.8) is 0 Å². The summed E-state index contributed by atoms with van der Waals surface area (Å²) in [6.07, 6.45) is 0.553. The van der Waals surface area contributed by atoms with Gasteiger partial charge in [-0.15, -0.1) is 0 Å². The van der Waals surface area contributed by atoms with Gasteiger partial charge in [0.15, 0.2) is 0 Å². The van der Waals surface area contributed by atoms with E-state index in [1.54, 1.807) is 25.1 Å². The van der Waals surface area contributed by atoms with Gasteiger partial charge >= 0.3 is 0 Å². The number of nitrogens with one attached hydrogen (secondary N) is 1. The van der Waals surface area contributed by atoms with E-state index in [2.05, 4.69) is 10.5 Å². The first-order valence-corrected chi connectivity index (χ1v) is 5.62. The number of aromatic nitrogens is 1. The Bertz CT molecular complexity index is 551. The molecule has 2 rings (SSSR count). The summed E-state index contributed by atoms with van der Waals surface area (Å²) in [5.74, 6) is -0.217. The Labute approximate surface area is 104 Å². The lowest BCUT2D eigenvalue weighted by atomic mass is 10.2. The zero-order valence-electron chi connectivity index (χ0n) is 9.94. The molecule has 0 radical (unpaired) electrons. The number of nitrogens with zero attached hydrogens (tertiary/aromatic N) is 1. The quantitative estimate of drug-likeness (QED) is 0.901. The van der Waals surface area contributed by atoms with Crippen LogP contribution in [0.2, 0.25) is 0 Å². The van der Waals surface area contributed by atoms with Gasteiger partial charge in [0.05, 0.1) is 11.3 Å². The van der Waals surface area contributed by atoms with Gasteiger partial charge in [-0.3, -0.25) is 4.79 Å². The average molecular weight is 248 g/mol. The van der Waals surface area contributed by atoms with Crippen LogP contribution in [0.5, 0.6) is 0 Å². The maximum Gasteiger partial charge on any atom is 0.254 e. The fourth-order valence-electron chi connectivity index (χ4n) is 1.58. The van der Waals surface area contributed by atoms with Crippen LogP contribution in [0.15, 0.2) is 34.9 Å². The van der Waals surface area contributed by atoms with Crippen molar-refractivity contribution in [1.29, 1.82) is 0 Å². The van der Waals surface area contributed by atoms with Crippen LogP contribution in [-0.2, 0) is 6.42 Å². The van der Waals surface area contributed by atoms with Gasteiger partial charge in [0.25, 0.3) is 5.91 Å². The molecule has 0 fully saturated rings. The lowest BCUT2D eigenvalue weighted by Gasteiger charge is -2.04. The lowest BCUT2D eigenvalue weighted by molar-refractivity contribution is 0.0950. The van der Waals surface area contributed by atoms with Crippen LogP contribution < -0.4 is 5.32 Å². The molecule has 94 valence electrons. The summed E-state index contributed by atoms with van der Waals surface area (Å²) in [5.41, 5.74) is 0.815. The number of hydrogen-bond acceptors (Lipinski definition) is 3. The van der Waals surface area contributed by atoms with Crippen molar-refractivity contribution in [2.45, 2.75) is 13.3 Å². The van der Waals surface area contributed by atoms with Crippen LogP contribution in [0.25, 0.3) is 0 Å². The number of hydrogen-bond donors (Lipinski definition) is 1. The number of rotatable bonds is 4. The molecule has 4 nitrogen and oxygen atoms in total. The van der Waals surface area contributed by atoms with E-state index in [4.69, 9.17) is 4.52 Å². The largest absolute Gasteiger partial charge is 0.361 e. The minimum atomic E-state index is -0.521. The summed E-state index contributed by atoms with van der Waals surface area (Å²) < 4.78 is 18.2. The van der Waals surface area contributed by atoms with E-state index >= 15 is 0 Å². The van der Waals surface area contributed by atoms with Crippen molar-refractivity contribution in [2.24, 2.45) is 0 Å². The van der Waals surface area contributed by atoms with Crippen molar-refractivity contribution in [3.8, 4) is 0 Å². The smallest absolute Gasteiger partial charge is 0.254 e. The normalized spacial score (nSPS) is 10.3. The van der Waals surface area contributed by atoms with E-state index in [0.29, 0.717) is 13.0 Å². The minimum Gasteiger partial charge on any atom is -0.361 e. The molecule has 5 heteroatoms. The molecule has 1 amide bonds. The van der Waals surface area contributed by atoms with E-state index in [0.717, 1.165) is 11.5 Å². The zero-order chi connectivity index (χ0) is 13.0. The first-order valence-electron chi connectivity index (χ1n) is 5.62. The SMILES string of the molecule is Cc1cc(CCNC(=O)c2ccccc2F)no1. The van der Waals surface area contributed by atoms with Gasteiger partial charge in [-0.25, -0.2) is 4.39 Å². The molecule has 0 saturated heterocycles. The number of halogens is 1. The van der Waals surface area contributed by atoms with Crippen LogP contribution >= 0.6 is 0 Å². The fraction of sp³-hybridized carbons (Fsp3) is 0.231. The van der Waals surface area contributed by atoms with Gasteiger partial charge in [-0.1, -0.05) is 17.3 Å². The second-order valence-electron chi connectivity index (χ2n) is 3.91. The summed E-state index contributed by atoms with van der Waals surface area (Å²) in [5, 5.41) is 6.44. The van der Waals surface area contributed by atoms with Crippen LogP contribution in [0.1, 0.15) is 21.8 Å². The van der Waals surface area contributed by atoms with E-state index < -0.39 is 11.7 Å². The standard InChI is InChI=1S/C13H13FN2O2/c1-9-8-10(16-18-9)6-7-15-13(17)11-4-2-3-5-12(11)14/h2-5,8H,6-7H2,1H3,(H,15,17). The predicted octanol–water partition coefficient (Wildman–Crippen LogP) is 2.09. The van der Waals surface area contributed by atoms with Crippen molar-refractivity contribution in [2.75, 3.05) is 6.54 Å². The summed E-state index contributed by atoms with van der Waals surface area (Å²) in [7, 11) is 0. The van der Waals surface area contributed by atoms with Crippen molar-refractivity contribution in [3.05, 3.63) is 53.2 Å². The predicted molar refractivity (Wildman–Crippen MR) is 63.7 cm³/mol. The van der Waals surface area contributed by atoms with Crippen LogP contribution in [0.4, 0.5) is 4.39 Å². The molecule has 0 unspecified atom stereocenters. The topological polar surface area (TPSA) is 55.1 Å². The van der Waals surface area contributed by atoms with Crippen molar-refractivity contribution in [1.82, 2.24) is 10.5 Å². The zero-order valence-corrected chi connectivity index (χ0v) is 9.94. The maximum absolute atomic E-state index is 13.3. The van der Waals surface area contributed by atoms with E-state index in [1.165, 1.54) is 12.1 Å². The molecule has 0 aliphatic heterocycles. The number of aryl methyl sites for hydroxylation is 1. The minimum absolute atomic E-state index is 0.0498. The monoisotopic (exact) mass is 248 g/mol. The average Bonchev–Trinajstić information content (AvgIpc) is 2.75. The highest BCUT2D eigenvalue weighted by Crippen LogP contribution is 2.06. The highest BCUT2D eigenvalue weighted by atomic mass is 19.1. The van der Waals surface area contributed by atoms with Crippen LogP contribution in [0.3, 0.4) is 0 Å². The van der Waals surface area contributed by atoms with Gasteiger partial charge in [-0.2, -0.15) is 0 Å². The summed E-state index contributed by atoms with van der Waals surface area (Å²) >= 11 is 0. The van der Waals surface area contributed by atoms with Crippen LogP contribution in [-0.4, -0.2) is 17.6 Å². The Morgan fingerprint density at radius 2 is 2.22 bits per heavy atom. The van der Waals surface area contributed by atoms with E-state index in [-0.39, 0.29) is 5.56 Å². The molecular weight excluding hydrogens is 235 g/mol. The third-order valence-electron chi connectivity index (χ3n) is 2.46. The van der Waals surface area contributed by atoms with E-state index in [9.17, 15) is 9.18 Å². The Morgan fingerprint density at radius 1 is 1.44 bits per heavy atom. The number of amides is 1. The molecule has 1 heterocycles. The molecule has 1 N–H and O–H groups in total. The second kappa shape index (κ2) is 5.44. The first kappa shape index (κ1) is 12.3. The summed E-state index contributed by atoms with van der Waals surface area (Å²) in [4.78, 5) is 11.7. The number of carbonyl (C=O) groups is 1. The molecular formula is C13H13FN2O2. The van der Waals surface area contributed by atoms with Crippen LogP contribution in [0, 0.1) is 12.7 Å². The molecule has 0 bridgehead atoms. The van der Waals surface area contributed by atoms with Gasteiger partial charge in [0, 0.05) is 19.0 Å². The second-order valence-corrected chi connectivity index (χ2v) is 3.91. The van der Waals surface area contributed by atoms with Gasteiger partial charge in [-0.05, 0) is 19.1 Å². The highest BCUT2D eigenvalue weighted by Gasteiger charge is 2.10. The Morgan fingerprint density at radius 3 is 2.89 bits per heavy atom. The molecule has 0 atom stereocenters. The molecule has 2 aromatic rings. The number of carbonyl (C=O) groups excluding carboxylic acids is 1. The van der Waals surface area contributed by atoms with Crippen molar-refractivity contribution < 1.29 is 13.7 Å². The first-order chi connectivity index (χ1) is 8.66. The molecule has 1 aromatic carbocycles. The third-order valence-corrected chi connectivity index (χ3v) is 2.46. The van der Waals surface area contributed by atoms with Gasteiger partial charge in [0.2, 0.25) is 0 Å². The molecule has 1 aromatic heterocycles. The van der Waals surface area contributed by atoms with Gasteiger partial charge < -0.3 is 9.84 Å². The van der Waals surface area contributed by atoms with Gasteiger partial charge in [0.1, 0.15) is 11.6 Å². The Hall–Kier alpha value is -2.17. The maximum atomic E-state index is 13.3. The molecule has 0 spiro atoms. The summed E-state index contributed by atoms with van der Waals surface area (Å²) in [6.45, 7) is 2.19. The lowest BCUT2D eigenvalue weighted by Crippen LogP contribution is -2.26.